The van der Waals surface area contributed by atoms with Crippen LogP contribution in [0.25, 0.3) is 0 Å². The molecule has 3 nitrogen and oxygen atoms in total. The first-order chi connectivity index (χ1) is 8.75. The van der Waals surface area contributed by atoms with Gasteiger partial charge < -0.3 is 15.1 Å². The van der Waals surface area contributed by atoms with Gasteiger partial charge in [0.05, 0.1) is 17.8 Å². The van der Waals surface area contributed by atoms with Crippen LogP contribution in [0.2, 0.25) is 5.02 Å². The number of nitrogens with one attached hydrogen (secondary N) is 2. The molecule has 0 saturated carbocycles. The van der Waals surface area contributed by atoms with E-state index < -0.39 is 5.82 Å². The normalized spacial score (nSPS) is 10.6. The molecular weight excluding hydrogens is 255 g/mol. The molecule has 5 heteroatoms. The van der Waals surface area contributed by atoms with Crippen LogP contribution < -0.4 is 10.6 Å². The molecular formula is C13H14ClFN2O. The van der Waals surface area contributed by atoms with Gasteiger partial charge in [-0.1, -0.05) is 11.6 Å². The third kappa shape index (κ3) is 3.75. The molecule has 1 aromatic carbocycles. The maximum atomic E-state index is 12.9. The minimum Gasteiger partial charge on any atom is -0.468 e. The smallest absolute Gasteiger partial charge is 0.141 e. The van der Waals surface area contributed by atoms with E-state index >= 15 is 0 Å². The fraction of sp³-hybridized carbons (Fsp3) is 0.231. The lowest BCUT2D eigenvalue weighted by atomic mass is 10.3. The van der Waals surface area contributed by atoms with Crippen molar-refractivity contribution < 1.29 is 8.81 Å². The summed E-state index contributed by atoms with van der Waals surface area (Å²) < 4.78 is 18.1. The second-order valence-electron chi connectivity index (χ2n) is 3.81. The van der Waals surface area contributed by atoms with Crippen LogP contribution >= 0.6 is 11.6 Å². The minimum absolute atomic E-state index is 0.128. The van der Waals surface area contributed by atoms with Crippen LogP contribution in [0, 0.1) is 5.82 Å². The van der Waals surface area contributed by atoms with Gasteiger partial charge in [0.25, 0.3) is 0 Å². The van der Waals surface area contributed by atoms with Crippen LogP contribution in [-0.2, 0) is 6.54 Å². The van der Waals surface area contributed by atoms with Gasteiger partial charge >= 0.3 is 0 Å². The predicted molar refractivity (Wildman–Crippen MR) is 70.3 cm³/mol. The standard InChI is InChI=1S/C13H14ClFN2O/c14-12-8-10(3-4-13(12)15)17-6-5-16-9-11-2-1-7-18-11/h1-4,7-8,16-17H,5-6,9H2. The Morgan fingerprint density at radius 2 is 2.11 bits per heavy atom. The van der Waals surface area contributed by atoms with Gasteiger partial charge in [-0.15, -0.1) is 0 Å². The molecule has 0 atom stereocenters. The number of benzene rings is 1. The number of hydrogen-bond donors (Lipinski definition) is 2. The van der Waals surface area contributed by atoms with Crippen LogP contribution in [0.15, 0.2) is 41.0 Å². The van der Waals surface area contributed by atoms with E-state index in [-0.39, 0.29) is 5.02 Å². The first-order valence-electron chi connectivity index (χ1n) is 5.68. The highest BCUT2D eigenvalue weighted by Crippen LogP contribution is 2.18. The van der Waals surface area contributed by atoms with Gasteiger partial charge in [0, 0.05) is 18.8 Å². The Kier molecular flexibility index (Phi) is 4.61. The van der Waals surface area contributed by atoms with E-state index in [0.717, 1.165) is 24.5 Å². The molecule has 1 heterocycles. The zero-order valence-electron chi connectivity index (χ0n) is 9.75. The van der Waals surface area contributed by atoms with Crippen molar-refractivity contribution in [3.63, 3.8) is 0 Å². The lowest BCUT2D eigenvalue weighted by Crippen LogP contribution is -2.21. The van der Waals surface area contributed by atoms with Gasteiger partial charge in [0.2, 0.25) is 0 Å². The average Bonchev–Trinajstić information content (AvgIpc) is 2.86. The summed E-state index contributed by atoms with van der Waals surface area (Å²) in [6.07, 6.45) is 1.65. The molecule has 2 N–H and O–H groups in total. The Balaban J connectivity index is 1.67. The third-order valence-corrected chi connectivity index (χ3v) is 2.72. The number of anilines is 1. The van der Waals surface area contributed by atoms with Crippen LogP contribution in [0.4, 0.5) is 10.1 Å². The van der Waals surface area contributed by atoms with Gasteiger partial charge in [-0.3, -0.25) is 0 Å². The molecule has 0 saturated heterocycles. The fourth-order valence-corrected chi connectivity index (χ4v) is 1.71. The second kappa shape index (κ2) is 6.42. The van der Waals surface area contributed by atoms with Crippen molar-refractivity contribution in [3.05, 3.63) is 53.2 Å². The molecule has 18 heavy (non-hydrogen) atoms. The zero-order chi connectivity index (χ0) is 12.8. The van der Waals surface area contributed by atoms with Crippen molar-refractivity contribution in [2.45, 2.75) is 6.54 Å². The van der Waals surface area contributed by atoms with Crippen molar-refractivity contribution in [2.75, 3.05) is 18.4 Å². The van der Waals surface area contributed by atoms with Crippen LogP contribution in [0.1, 0.15) is 5.76 Å². The van der Waals surface area contributed by atoms with Crippen molar-refractivity contribution >= 4 is 17.3 Å². The summed E-state index contributed by atoms with van der Waals surface area (Å²) in [5, 5.41) is 6.50. The summed E-state index contributed by atoms with van der Waals surface area (Å²) in [7, 11) is 0. The lowest BCUT2D eigenvalue weighted by Gasteiger charge is -2.07. The molecule has 0 radical (unpaired) electrons. The number of furan rings is 1. The predicted octanol–water partition coefficient (Wildman–Crippen LogP) is 3.27. The maximum Gasteiger partial charge on any atom is 0.141 e. The van der Waals surface area contributed by atoms with Crippen molar-refractivity contribution in [1.29, 1.82) is 0 Å². The van der Waals surface area contributed by atoms with Gasteiger partial charge in [0.15, 0.2) is 0 Å². The number of hydrogen-bond acceptors (Lipinski definition) is 3. The molecule has 0 fully saturated rings. The third-order valence-electron chi connectivity index (χ3n) is 2.43. The van der Waals surface area contributed by atoms with Gasteiger partial charge in [-0.05, 0) is 30.3 Å². The Hall–Kier alpha value is -1.52. The molecule has 1 aromatic heterocycles. The SMILES string of the molecule is Fc1ccc(NCCNCc2ccco2)cc1Cl. The molecule has 0 bridgehead atoms. The molecule has 0 aliphatic carbocycles. The summed E-state index contributed by atoms with van der Waals surface area (Å²) >= 11 is 5.68. The van der Waals surface area contributed by atoms with Crippen LogP contribution in [-0.4, -0.2) is 13.1 Å². The largest absolute Gasteiger partial charge is 0.468 e. The van der Waals surface area contributed by atoms with Crippen molar-refractivity contribution in [1.82, 2.24) is 5.32 Å². The molecule has 0 aliphatic heterocycles. The number of rotatable bonds is 6. The zero-order valence-corrected chi connectivity index (χ0v) is 10.5. The van der Waals surface area contributed by atoms with E-state index in [4.69, 9.17) is 16.0 Å². The molecule has 0 amide bonds. The molecule has 96 valence electrons. The number of halogens is 2. The summed E-state index contributed by atoms with van der Waals surface area (Å²) in [5.41, 5.74) is 0.807. The highest BCUT2D eigenvalue weighted by Gasteiger charge is 2.00. The highest BCUT2D eigenvalue weighted by atomic mass is 35.5. The van der Waals surface area contributed by atoms with Crippen molar-refractivity contribution in [3.8, 4) is 0 Å². The Morgan fingerprint density at radius 3 is 2.83 bits per heavy atom. The highest BCUT2D eigenvalue weighted by molar-refractivity contribution is 6.31. The van der Waals surface area contributed by atoms with Gasteiger partial charge in [-0.2, -0.15) is 0 Å². The summed E-state index contributed by atoms with van der Waals surface area (Å²) in [5.74, 6) is 0.498. The summed E-state index contributed by atoms with van der Waals surface area (Å²) in [6, 6.07) is 8.36. The van der Waals surface area contributed by atoms with E-state index in [9.17, 15) is 4.39 Å². The lowest BCUT2D eigenvalue weighted by molar-refractivity contribution is 0.486. The topological polar surface area (TPSA) is 37.2 Å². The Labute approximate surface area is 110 Å². The molecule has 0 unspecified atom stereocenters. The molecule has 2 aromatic rings. The Morgan fingerprint density at radius 1 is 1.22 bits per heavy atom. The Bertz CT molecular complexity index is 488. The molecule has 0 spiro atoms. The van der Waals surface area contributed by atoms with Crippen molar-refractivity contribution in [2.24, 2.45) is 0 Å². The maximum absolute atomic E-state index is 12.9. The van der Waals surface area contributed by atoms with Crippen LogP contribution in [0.3, 0.4) is 0 Å². The fourth-order valence-electron chi connectivity index (χ4n) is 1.53. The average molecular weight is 269 g/mol. The van der Waals surface area contributed by atoms with E-state index in [1.807, 2.05) is 12.1 Å². The van der Waals surface area contributed by atoms with E-state index in [2.05, 4.69) is 10.6 Å². The first kappa shape index (κ1) is 12.9. The van der Waals surface area contributed by atoms with Gasteiger partial charge in [0.1, 0.15) is 11.6 Å². The summed E-state index contributed by atoms with van der Waals surface area (Å²) in [4.78, 5) is 0. The van der Waals surface area contributed by atoms with Crippen LogP contribution in [0.5, 0.6) is 0 Å². The van der Waals surface area contributed by atoms with E-state index in [0.29, 0.717) is 6.54 Å². The molecule has 0 aliphatic rings. The minimum atomic E-state index is -0.404. The van der Waals surface area contributed by atoms with E-state index in [1.54, 1.807) is 18.4 Å². The van der Waals surface area contributed by atoms with Gasteiger partial charge in [-0.25, -0.2) is 4.39 Å². The first-order valence-corrected chi connectivity index (χ1v) is 6.05. The molecule has 2 rings (SSSR count). The second-order valence-corrected chi connectivity index (χ2v) is 4.22. The van der Waals surface area contributed by atoms with E-state index in [1.165, 1.54) is 6.07 Å². The quantitative estimate of drug-likeness (QED) is 0.790. The monoisotopic (exact) mass is 268 g/mol. The summed E-state index contributed by atoms with van der Waals surface area (Å²) in [6.45, 7) is 2.19.